The zero-order chi connectivity index (χ0) is 13.5. The van der Waals surface area contributed by atoms with E-state index in [1.54, 1.807) is 12.4 Å². The van der Waals surface area contributed by atoms with Gasteiger partial charge in [0, 0.05) is 31.7 Å². The first-order valence-electron chi connectivity index (χ1n) is 6.18. The Morgan fingerprint density at radius 3 is 3.05 bits per heavy atom. The molecule has 0 aliphatic rings. The van der Waals surface area contributed by atoms with Crippen LogP contribution in [0.3, 0.4) is 0 Å². The highest BCUT2D eigenvalue weighted by atomic mass is 32.1. The zero-order valence-electron chi connectivity index (χ0n) is 10.8. The summed E-state index contributed by atoms with van der Waals surface area (Å²) in [5, 5.41) is 6.87. The van der Waals surface area contributed by atoms with Crippen LogP contribution in [0.2, 0.25) is 0 Å². The van der Waals surface area contributed by atoms with Gasteiger partial charge in [-0.25, -0.2) is 9.97 Å². The lowest BCUT2D eigenvalue weighted by Crippen LogP contribution is -2.30. The topological polar surface area (TPSA) is 54.8 Å². The summed E-state index contributed by atoms with van der Waals surface area (Å²) in [6.45, 7) is 3.74. The monoisotopic (exact) mass is 275 g/mol. The lowest BCUT2D eigenvalue weighted by atomic mass is 10.3. The van der Waals surface area contributed by atoms with Crippen molar-refractivity contribution in [2.24, 2.45) is 0 Å². The Labute approximate surface area is 118 Å². The molecule has 0 aromatic carbocycles. The number of anilines is 1. The van der Waals surface area contributed by atoms with E-state index in [0.29, 0.717) is 5.11 Å². The number of aryl methyl sites for hydroxylation is 2. The summed E-state index contributed by atoms with van der Waals surface area (Å²) in [6, 6.07) is 3.90. The van der Waals surface area contributed by atoms with Crippen LogP contribution in [0, 0.1) is 6.92 Å². The molecule has 0 aliphatic carbocycles. The summed E-state index contributed by atoms with van der Waals surface area (Å²) in [5.41, 5.74) is 1.07. The van der Waals surface area contributed by atoms with Crippen molar-refractivity contribution in [3.63, 3.8) is 0 Å². The molecule has 0 unspecified atom stereocenters. The van der Waals surface area contributed by atoms with Crippen LogP contribution in [-0.2, 0) is 6.54 Å². The first kappa shape index (κ1) is 13.5. The minimum atomic E-state index is 0.604. The second-order valence-electron chi connectivity index (χ2n) is 4.20. The number of thiocarbonyl (C=S) groups is 1. The highest BCUT2D eigenvalue weighted by Crippen LogP contribution is 2.08. The molecule has 2 aromatic rings. The maximum atomic E-state index is 5.23. The molecule has 0 spiro atoms. The van der Waals surface area contributed by atoms with Gasteiger partial charge in [0.05, 0.1) is 6.33 Å². The van der Waals surface area contributed by atoms with Gasteiger partial charge in [-0.15, -0.1) is 0 Å². The third-order valence-corrected chi connectivity index (χ3v) is 2.93. The second kappa shape index (κ2) is 6.84. The third kappa shape index (κ3) is 4.33. The smallest absolute Gasteiger partial charge is 0.171 e. The first-order chi connectivity index (χ1) is 9.25. The van der Waals surface area contributed by atoms with Crippen molar-refractivity contribution in [3.8, 4) is 0 Å². The largest absolute Gasteiger partial charge is 0.362 e. The molecule has 0 atom stereocenters. The Morgan fingerprint density at radius 1 is 1.42 bits per heavy atom. The van der Waals surface area contributed by atoms with Crippen molar-refractivity contribution in [2.45, 2.75) is 19.9 Å². The Hall–Kier alpha value is -1.95. The average Bonchev–Trinajstić information content (AvgIpc) is 2.91. The fourth-order valence-electron chi connectivity index (χ4n) is 1.65. The third-order valence-electron chi connectivity index (χ3n) is 2.68. The van der Waals surface area contributed by atoms with Gasteiger partial charge in [-0.3, -0.25) is 0 Å². The second-order valence-corrected chi connectivity index (χ2v) is 4.61. The molecule has 6 heteroatoms. The normalized spacial score (nSPS) is 10.2. The molecule has 2 heterocycles. The average molecular weight is 275 g/mol. The van der Waals surface area contributed by atoms with Gasteiger partial charge in [0.1, 0.15) is 5.82 Å². The SMILES string of the molecule is Cc1cccnc1NC(=S)NCCCn1ccnc1. The van der Waals surface area contributed by atoms with Gasteiger partial charge in [-0.05, 0) is 37.2 Å². The number of nitrogens with zero attached hydrogens (tertiary/aromatic N) is 3. The molecule has 0 aliphatic heterocycles. The summed E-state index contributed by atoms with van der Waals surface area (Å²) in [5.74, 6) is 0.801. The fourth-order valence-corrected chi connectivity index (χ4v) is 1.85. The van der Waals surface area contributed by atoms with Crippen molar-refractivity contribution >= 4 is 23.1 Å². The summed E-state index contributed by atoms with van der Waals surface area (Å²) < 4.78 is 2.04. The molecule has 0 radical (unpaired) electrons. The number of rotatable bonds is 5. The van der Waals surface area contributed by atoms with Gasteiger partial charge in [0.15, 0.2) is 5.11 Å². The first-order valence-corrected chi connectivity index (χ1v) is 6.59. The fraction of sp³-hybridized carbons (Fsp3) is 0.308. The van der Waals surface area contributed by atoms with Crippen LogP contribution in [0.25, 0.3) is 0 Å². The molecule has 2 rings (SSSR count). The lowest BCUT2D eigenvalue weighted by Gasteiger charge is -2.11. The Bertz CT molecular complexity index is 524. The van der Waals surface area contributed by atoms with Crippen molar-refractivity contribution in [2.75, 3.05) is 11.9 Å². The van der Waals surface area contributed by atoms with E-state index in [9.17, 15) is 0 Å². The predicted molar refractivity (Wildman–Crippen MR) is 80.0 cm³/mol. The standard InChI is InChI=1S/C13H17N5S/c1-11-4-2-5-15-12(11)17-13(19)16-6-3-8-18-9-7-14-10-18/h2,4-5,7,9-10H,3,6,8H2,1H3,(H2,15,16,17,19). The van der Waals surface area contributed by atoms with Crippen molar-refractivity contribution in [3.05, 3.63) is 42.6 Å². The summed E-state index contributed by atoms with van der Waals surface area (Å²) in [4.78, 5) is 8.23. The van der Waals surface area contributed by atoms with Crippen LogP contribution < -0.4 is 10.6 Å². The highest BCUT2D eigenvalue weighted by molar-refractivity contribution is 7.80. The number of nitrogens with one attached hydrogen (secondary N) is 2. The van der Waals surface area contributed by atoms with Crippen molar-refractivity contribution < 1.29 is 0 Å². The van der Waals surface area contributed by atoms with E-state index < -0.39 is 0 Å². The molecule has 0 bridgehead atoms. The van der Waals surface area contributed by atoms with Crippen LogP contribution >= 0.6 is 12.2 Å². The summed E-state index contributed by atoms with van der Waals surface area (Å²) in [6.07, 6.45) is 8.28. The molecule has 2 aromatic heterocycles. The number of aromatic nitrogens is 3. The van der Waals surface area contributed by atoms with Gasteiger partial charge in [0.2, 0.25) is 0 Å². The molecule has 2 N–H and O–H groups in total. The molecular formula is C13H17N5S. The van der Waals surface area contributed by atoms with E-state index in [1.807, 2.05) is 36.1 Å². The van der Waals surface area contributed by atoms with E-state index >= 15 is 0 Å². The minimum absolute atomic E-state index is 0.604. The molecule has 100 valence electrons. The van der Waals surface area contributed by atoms with E-state index in [0.717, 1.165) is 30.9 Å². The van der Waals surface area contributed by atoms with Crippen LogP contribution in [0.4, 0.5) is 5.82 Å². The van der Waals surface area contributed by atoms with E-state index in [1.165, 1.54) is 0 Å². The molecule has 0 saturated carbocycles. The van der Waals surface area contributed by atoms with Gasteiger partial charge < -0.3 is 15.2 Å². The Kier molecular flexibility index (Phi) is 4.85. The molecule has 0 fully saturated rings. The Balaban J connectivity index is 1.69. The quantitative estimate of drug-likeness (QED) is 0.645. The number of pyridine rings is 1. The molecule has 19 heavy (non-hydrogen) atoms. The van der Waals surface area contributed by atoms with E-state index in [2.05, 4.69) is 20.6 Å². The number of imidazole rings is 1. The summed E-state index contributed by atoms with van der Waals surface area (Å²) >= 11 is 5.23. The van der Waals surface area contributed by atoms with Gasteiger partial charge in [-0.1, -0.05) is 6.07 Å². The van der Waals surface area contributed by atoms with Crippen LogP contribution in [0.1, 0.15) is 12.0 Å². The van der Waals surface area contributed by atoms with Crippen LogP contribution in [0.15, 0.2) is 37.1 Å². The number of hydrogen-bond donors (Lipinski definition) is 2. The van der Waals surface area contributed by atoms with Gasteiger partial charge >= 0.3 is 0 Å². The molecule has 5 nitrogen and oxygen atoms in total. The van der Waals surface area contributed by atoms with E-state index in [-0.39, 0.29) is 0 Å². The predicted octanol–water partition coefficient (Wildman–Crippen LogP) is 1.96. The van der Waals surface area contributed by atoms with Crippen molar-refractivity contribution in [1.29, 1.82) is 0 Å². The Morgan fingerprint density at radius 2 is 2.32 bits per heavy atom. The maximum Gasteiger partial charge on any atom is 0.171 e. The molecular weight excluding hydrogens is 258 g/mol. The van der Waals surface area contributed by atoms with Gasteiger partial charge in [-0.2, -0.15) is 0 Å². The maximum absolute atomic E-state index is 5.23. The highest BCUT2D eigenvalue weighted by Gasteiger charge is 2.00. The van der Waals surface area contributed by atoms with Crippen molar-refractivity contribution in [1.82, 2.24) is 19.9 Å². The summed E-state index contributed by atoms with van der Waals surface area (Å²) in [7, 11) is 0. The van der Waals surface area contributed by atoms with Gasteiger partial charge in [0.25, 0.3) is 0 Å². The lowest BCUT2D eigenvalue weighted by molar-refractivity contribution is 0.632. The molecule has 0 amide bonds. The minimum Gasteiger partial charge on any atom is -0.362 e. The number of hydrogen-bond acceptors (Lipinski definition) is 3. The van der Waals surface area contributed by atoms with Crippen LogP contribution in [0.5, 0.6) is 0 Å². The van der Waals surface area contributed by atoms with E-state index in [4.69, 9.17) is 12.2 Å². The molecule has 0 saturated heterocycles. The van der Waals surface area contributed by atoms with Crippen LogP contribution in [-0.4, -0.2) is 26.2 Å². The zero-order valence-corrected chi connectivity index (χ0v) is 11.7.